The Hall–Kier alpha value is -1.06. The van der Waals surface area contributed by atoms with E-state index in [2.05, 4.69) is 13.8 Å². The van der Waals surface area contributed by atoms with E-state index < -0.39 is 5.97 Å². The Balaban J connectivity index is 3.59. The van der Waals surface area contributed by atoms with E-state index in [0.29, 0.717) is 12.8 Å². The van der Waals surface area contributed by atoms with E-state index in [4.69, 9.17) is 9.84 Å². The first-order valence-electron chi connectivity index (χ1n) is 19.0. The monoisotopic (exact) mass is 595 g/mol. The summed E-state index contributed by atoms with van der Waals surface area (Å²) in [4.78, 5) is 23.0. The summed E-state index contributed by atoms with van der Waals surface area (Å²) in [6.07, 6.45) is 40.2. The van der Waals surface area contributed by atoms with Crippen LogP contribution in [0.4, 0.5) is 0 Å². The Morgan fingerprint density at radius 1 is 0.429 bits per heavy atom. The first-order chi connectivity index (χ1) is 20.6. The lowest BCUT2D eigenvalue weighted by Gasteiger charge is -2.18. The van der Waals surface area contributed by atoms with Crippen LogP contribution in [0.15, 0.2) is 0 Å². The lowest BCUT2D eigenvalue weighted by molar-refractivity contribution is -0.150. The van der Waals surface area contributed by atoms with Crippen molar-refractivity contribution in [2.45, 2.75) is 232 Å². The molecule has 0 aromatic carbocycles. The fraction of sp³-hybridized carbons (Fsp3) is 0.947. The summed E-state index contributed by atoms with van der Waals surface area (Å²) < 4.78 is 5.93. The Morgan fingerprint density at radius 3 is 1.12 bits per heavy atom. The molecule has 0 amide bonds. The van der Waals surface area contributed by atoms with Crippen LogP contribution in [0.5, 0.6) is 0 Å². The molecule has 1 N–H and O–H groups in total. The summed E-state index contributed by atoms with van der Waals surface area (Å²) in [5, 5.41) is 8.66. The molecule has 42 heavy (non-hydrogen) atoms. The van der Waals surface area contributed by atoms with Crippen molar-refractivity contribution in [3.63, 3.8) is 0 Å². The minimum absolute atomic E-state index is 0.0392. The molecule has 0 fully saturated rings. The number of hydrogen-bond donors (Lipinski definition) is 1. The van der Waals surface area contributed by atoms with Gasteiger partial charge >= 0.3 is 11.9 Å². The number of carboxylic acids is 1. The minimum atomic E-state index is -0.665. The summed E-state index contributed by atoms with van der Waals surface area (Å²) in [7, 11) is 0. The molecule has 0 aliphatic heterocycles. The van der Waals surface area contributed by atoms with Gasteiger partial charge in [0.2, 0.25) is 0 Å². The third kappa shape index (κ3) is 33.4. The third-order valence-electron chi connectivity index (χ3n) is 8.83. The van der Waals surface area contributed by atoms with Gasteiger partial charge < -0.3 is 9.84 Å². The highest BCUT2D eigenvalue weighted by Gasteiger charge is 2.14. The number of carboxylic acid groups (broad SMARTS) is 1. The van der Waals surface area contributed by atoms with Gasteiger partial charge in [0.05, 0.1) is 0 Å². The molecule has 1 unspecified atom stereocenters. The van der Waals surface area contributed by atoms with Gasteiger partial charge in [-0.2, -0.15) is 0 Å². The number of rotatable bonds is 35. The van der Waals surface area contributed by atoms with Crippen LogP contribution in [-0.2, 0) is 14.3 Å². The van der Waals surface area contributed by atoms with Crippen LogP contribution < -0.4 is 0 Å². The molecule has 0 rings (SSSR count). The van der Waals surface area contributed by atoms with E-state index in [1.165, 1.54) is 161 Å². The molecule has 0 aromatic rings. The number of hydrogen-bond acceptors (Lipinski definition) is 3. The highest BCUT2D eigenvalue weighted by Crippen LogP contribution is 2.18. The highest BCUT2D eigenvalue weighted by atomic mass is 16.5. The first kappa shape index (κ1) is 40.9. The maximum atomic E-state index is 12.5. The van der Waals surface area contributed by atoms with Gasteiger partial charge in [0.25, 0.3) is 0 Å². The molecule has 0 aliphatic rings. The molecular formula is C38H74O4. The molecule has 4 nitrogen and oxygen atoms in total. The summed E-state index contributed by atoms with van der Waals surface area (Å²) in [5.41, 5.74) is 0. The molecule has 250 valence electrons. The van der Waals surface area contributed by atoms with Gasteiger partial charge in [0.1, 0.15) is 6.10 Å². The van der Waals surface area contributed by atoms with Gasteiger partial charge in [-0.1, -0.05) is 181 Å². The van der Waals surface area contributed by atoms with E-state index >= 15 is 0 Å². The fourth-order valence-corrected chi connectivity index (χ4v) is 6.00. The number of unbranched alkanes of at least 4 members (excludes halogenated alkanes) is 26. The number of ether oxygens (including phenoxy) is 1. The van der Waals surface area contributed by atoms with Crippen molar-refractivity contribution in [1.82, 2.24) is 0 Å². The molecule has 1 atom stereocenters. The van der Waals surface area contributed by atoms with Gasteiger partial charge in [0, 0.05) is 12.8 Å². The van der Waals surface area contributed by atoms with Crippen molar-refractivity contribution in [2.24, 2.45) is 0 Å². The normalized spacial score (nSPS) is 12.0. The van der Waals surface area contributed by atoms with Crippen molar-refractivity contribution in [3.05, 3.63) is 0 Å². The van der Waals surface area contributed by atoms with Crippen LogP contribution in [0.25, 0.3) is 0 Å². The van der Waals surface area contributed by atoms with Gasteiger partial charge in [-0.15, -0.1) is 0 Å². The molecule has 0 heterocycles. The summed E-state index contributed by atoms with van der Waals surface area (Å²) in [6.45, 7) is 4.50. The smallest absolute Gasteiger partial charge is 0.306 e. The summed E-state index contributed by atoms with van der Waals surface area (Å²) in [6, 6.07) is 0. The second-order valence-corrected chi connectivity index (χ2v) is 13.1. The van der Waals surface area contributed by atoms with Crippen LogP contribution >= 0.6 is 0 Å². The molecule has 0 aliphatic carbocycles. The maximum Gasteiger partial charge on any atom is 0.306 e. The lowest BCUT2D eigenvalue weighted by atomic mass is 10.0. The van der Waals surface area contributed by atoms with E-state index in [0.717, 1.165) is 38.5 Å². The number of carbonyl (C=O) groups is 2. The second kappa shape index (κ2) is 34.4. The zero-order valence-electron chi connectivity index (χ0n) is 28.6. The van der Waals surface area contributed by atoms with E-state index in [1.54, 1.807) is 0 Å². The van der Waals surface area contributed by atoms with Gasteiger partial charge in [-0.05, 0) is 32.1 Å². The minimum Gasteiger partial charge on any atom is -0.481 e. The van der Waals surface area contributed by atoms with Crippen LogP contribution in [0.1, 0.15) is 226 Å². The van der Waals surface area contributed by atoms with Crippen LogP contribution in [0, 0.1) is 0 Å². The van der Waals surface area contributed by atoms with Crippen LogP contribution in [0.3, 0.4) is 0 Å². The Labute approximate surface area is 262 Å². The van der Waals surface area contributed by atoms with E-state index in [9.17, 15) is 9.59 Å². The quantitative estimate of drug-likeness (QED) is 0.0585. The third-order valence-corrected chi connectivity index (χ3v) is 8.83. The second-order valence-electron chi connectivity index (χ2n) is 13.1. The molecule has 0 saturated heterocycles. The number of aliphatic carboxylic acids is 1. The van der Waals surface area contributed by atoms with Crippen molar-refractivity contribution >= 4 is 11.9 Å². The van der Waals surface area contributed by atoms with Gasteiger partial charge in [-0.25, -0.2) is 0 Å². The summed E-state index contributed by atoms with van der Waals surface area (Å²) >= 11 is 0. The maximum absolute atomic E-state index is 12.5. The average molecular weight is 595 g/mol. The van der Waals surface area contributed by atoms with Crippen molar-refractivity contribution in [1.29, 1.82) is 0 Å². The largest absolute Gasteiger partial charge is 0.481 e. The molecule has 0 bridgehead atoms. The molecule has 0 radical (unpaired) electrons. The zero-order valence-corrected chi connectivity index (χ0v) is 28.6. The topological polar surface area (TPSA) is 63.6 Å². The fourth-order valence-electron chi connectivity index (χ4n) is 6.00. The highest BCUT2D eigenvalue weighted by molar-refractivity contribution is 5.69. The Kier molecular flexibility index (Phi) is 33.6. The van der Waals surface area contributed by atoms with E-state index in [-0.39, 0.29) is 12.1 Å². The average Bonchev–Trinajstić information content (AvgIpc) is 2.97. The van der Waals surface area contributed by atoms with Crippen molar-refractivity contribution in [2.75, 3.05) is 0 Å². The molecule has 0 spiro atoms. The molecule has 4 heteroatoms. The number of esters is 1. The van der Waals surface area contributed by atoms with Crippen molar-refractivity contribution in [3.8, 4) is 0 Å². The summed E-state index contributed by atoms with van der Waals surface area (Å²) in [5.74, 6) is -0.625. The molecular weight excluding hydrogens is 520 g/mol. The SMILES string of the molecule is CCCCCCCCCCCCCCCC(=O)OC(CCCC)CCCCCCCCCCCCCCCCC(=O)O. The lowest BCUT2D eigenvalue weighted by Crippen LogP contribution is -2.18. The van der Waals surface area contributed by atoms with E-state index in [1.807, 2.05) is 0 Å². The predicted molar refractivity (Wildman–Crippen MR) is 181 cm³/mol. The predicted octanol–water partition coefficient (Wildman–Crippen LogP) is 12.9. The van der Waals surface area contributed by atoms with Crippen LogP contribution in [0.2, 0.25) is 0 Å². The van der Waals surface area contributed by atoms with Gasteiger partial charge in [-0.3, -0.25) is 9.59 Å². The zero-order chi connectivity index (χ0) is 30.8. The Bertz CT molecular complexity index is 561. The Morgan fingerprint density at radius 2 is 0.738 bits per heavy atom. The standard InChI is InChI=1S/C38H74O4/c1-3-5-7-8-9-10-11-14-19-22-25-28-31-35-38(41)42-36(32-6-4-2)33-29-26-23-20-17-15-12-13-16-18-21-24-27-30-34-37(39)40/h36H,3-35H2,1-2H3,(H,39,40). The molecule has 0 saturated carbocycles. The first-order valence-corrected chi connectivity index (χ1v) is 19.0. The van der Waals surface area contributed by atoms with Crippen LogP contribution in [-0.4, -0.2) is 23.1 Å². The number of carbonyl (C=O) groups excluding carboxylic acids is 1. The van der Waals surface area contributed by atoms with Crippen molar-refractivity contribution < 1.29 is 19.4 Å². The molecule has 0 aromatic heterocycles. The van der Waals surface area contributed by atoms with Gasteiger partial charge in [0.15, 0.2) is 0 Å².